The van der Waals surface area contributed by atoms with Gasteiger partial charge in [-0.25, -0.2) is 9.97 Å². The number of morpholine rings is 1. The molecular formula is C16H17ClN4O3. The van der Waals surface area contributed by atoms with Gasteiger partial charge in [0.2, 0.25) is 0 Å². The molecule has 1 N–H and O–H groups in total. The SMILES string of the molecule is O=C(COc1cccc(Cl)c1)Nc1cc(N2CCOCC2)ncn1. The van der Waals surface area contributed by atoms with Crippen molar-refractivity contribution in [3.63, 3.8) is 0 Å². The van der Waals surface area contributed by atoms with Gasteiger partial charge in [0.05, 0.1) is 13.2 Å². The van der Waals surface area contributed by atoms with Crippen LogP contribution in [0.2, 0.25) is 5.02 Å². The number of aromatic nitrogens is 2. The number of halogens is 1. The lowest BCUT2D eigenvalue weighted by Crippen LogP contribution is -2.36. The molecule has 0 unspecified atom stereocenters. The number of amides is 1. The Bertz CT molecular complexity index is 707. The summed E-state index contributed by atoms with van der Waals surface area (Å²) in [5.41, 5.74) is 0. The highest BCUT2D eigenvalue weighted by molar-refractivity contribution is 6.30. The normalized spacial score (nSPS) is 14.3. The van der Waals surface area contributed by atoms with Gasteiger partial charge in [0.25, 0.3) is 5.91 Å². The van der Waals surface area contributed by atoms with Crippen molar-refractivity contribution in [2.75, 3.05) is 43.1 Å². The molecule has 7 nitrogen and oxygen atoms in total. The van der Waals surface area contributed by atoms with Crippen LogP contribution in [0.1, 0.15) is 0 Å². The molecule has 8 heteroatoms. The summed E-state index contributed by atoms with van der Waals surface area (Å²) in [5, 5.41) is 3.25. The van der Waals surface area contributed by atoms with Gasteiger partial charge in [0.1, 0.15) is 23.7 Å². The molecule has 3 rings (SSSR count). The lowest BCUT2D eigenvalue weighted by Gasteiger charge is -2.27. The van der Waals surface area contributed by atoms with Crippen LogP contribution in [0.3, 0.4) is 0 Å². The van der Waals surface area contributed by atoms with E-state index in [2.05, 4.69) is 20.2 Å². The summed E-state index contributed by atoms with van der Waals surface area (Å²) in [6.07, 6.45) is 1.43. The number of rotatable bonds is 5. The molecule has 1 saturated heterocycles. The van der Waals surface area contributed by atoms with E-state index < -0.39 is 0 Å². The van der Waals surface area contributed by atoms with Crippen molar-refractivity contribution in [2.45, 2.75) is 0 Å². The van der Waals surface area contributed by atoms with E-state index in [0.717, 1.165) is 18.9 Å². The third-order valence-electron chi connectivity index (χ3n) is 3.42. The fourth-order valence-electron chi connectivity index (χ4n) is 2.27. The summed E-state index contributed by atoms with van der Waals surface area (Å²) in [4.78, 5) is 22.4. The van der Waals surface area contributed by atoms with Crippen LogP contribution in [0.4, 0.5) is 11.6 Å². The second kappa shape index (κ2) is 7.94. The van der Waals surface area contributed by atoms with Crippen molar-refractivity contribution in [3.05, 3.63) is 41.7 Å². The van der Waals surface area contributed by atoms with Crippen LogP contribution in [0, 0.1) is 0 Å². The summed E-state index contributed by atoms with van der Waals surface area (Å²) < 4.78 is 10.7. The van der Waals surface area contributed by atoms with Crippen molar-refractivity contribution in [1.29, 1.82) is 0 Å². The molecule has 0 saturated carbocycles. The van der Waals surface area contributed by atoms with E-state index in [-0.39, 0.29) is 12.5 Å². The van der Waals surface area contributed by atoms with E-state index in [1.165, 1.54) is 6.33 Å². The minimum Gasteiger partial charge on any atom is -0.484 e. The number of nitrogens with one attached hydrogen (secondary N) is 1. The lowest BCUT2D eigenvalue weighted by molar-refractivity contribution is -0.118. The minimum absolute atomic E-state index is 0.128. The summed E-state index contributed by atoms with van der Waals surface area (Å²) in [5.74, 6) is 1.43. The number of benzene rings is 1. The van der Waals surface area contributed by atoms with E-state index in [0.29, 0.717) is 29.8 Å². The van der Waals surface area contributed by atoms with Gasteiger partial charge in [-0.15, -0.1) is 0 Å². The zero-order valence-corrected chi connectivity index (χ0v) is 13.7. The second-order valence-electron chi connectivity index (χ2n) is 5.16. The number of carbonyl (C=O) groups excluding carboxylic acids is 1. The molecule has 1 aliphatic heterocycles. The maximum Gasteiger partial charge on any atom is 0.263 e. The van der Waals surface area contributed by atoms with E-state index in [1.807, 2.05) is 0 Å². The predicted octanol–water partition coefficient (Wildman–Crippen LogP) is 1.98. The number of carbonyl (C=O) groups is 1. The van der Waals surface area contributed by atoms with Gasteiger partial charge in [-0.1, -0.05) is 17.7 Å². The smallest absolute Gasteiger partial charge is 0.263 e. The number of anilines is 2. The quantitative estimate of drug-likeness (QED) is 0.890. The molecule has 0 spiro atoms. The average Bonchev–Trinajstić information content (AvgIpc) is 2.61. The van der Waals surface area contributed by atoms with Crippen molar-refractivity contribution in [1.82, 2.24) is 9.97 Å². The highest BCUT2D eigenvalue weighted by atomic mass is 35.5. The molecule has 0 bridgehead atoms. The Labute approximate surface area is 144 Å². The molecule has 126 valence electrons. The van der Waals surface area contributed by atoms with Crippen molar-refractivity contribution < 1.29 is 14.3 Å². The molecule has 1 aliphatic rings. The zero-order valence-electron chi connectivity index (χ0n) is 12.9. The van der Waals surface area contributed by atoms with Gasteiger partial charge >= 0.3 is 0 Å². The van der Waals surface area contributed by atoms with Crippen LogP contribution in [0.5, 0.6) is 5.75 Å². The molecule has 0 aliphatic carbocycles. The molecule has 2 aromatic rings. The summed E-state index contributed by atoms with van der Waals surface area (Å²) in [7, 11) is 0. The number of ether oxygens (including phenoxy) is 2. The lowest BCUT2D eigenvalue weighted by atomic mass is 10.3. The zero-order chi connectivity index (χ0) is 16.8. The van der Waals surface area contributed by atoms with Crippen LogP contribution in [-0.2, 0) is 9.53 Å². The van der Waals surface area contributed by atoms with Gasteiger partial charge in [-0.3, -0.25) is 4.79 Å². The predicted molar refractivity (Wildman–Crippen MR) is 90.6 cm³/mol. The summed E-state index contributed by atoms with van der Waals surface area (Å²) in [6, 6.07) is 8.62. The standard InChI is InChI=1S/C16H17ClN4O3/c17-12-2-1-3-13(8-12)24-10-16(22)20-14-9-15(19-11-18-14)21-4-6-23-7-5-21/h1-3,8-9,11H,4-7,10H2,(H,18,19,20,22). The van der Waals surface area contributed by atoms with E-state index in [1.54, 1.807) is 30.3 Å². The van der Waals surface area contributed by atoms with Gasteiger partial charge in [0.15, 0.2) is 6.61 Å². The summed E-state index contributed by atoms with van der Waals surface area (Å²) in [6.45, 7) is 2.74. The van der Waals surface area contributed by atoms with Crippen molar-refractivity contribution in [2.24, 2.45) is 0 Å². The molecule has 24 heavy (non-hydrogen) atoms. The van der Waals surface area contributed by atoms with Crippen LogP contribution in [0.25, 0.3) is 0 Å². The van der Waals surface area contributed by atoms with Crippen molar-refractivity contribution >= 4 is 29.1 Å². The van der Waals surface area contributed by atoms with Gasteiger partial charge in [-0.2, -0.15) is 0 Å². The molecule has 1 amide bonds. The maximum atomic E-state index is 12.0. The Kier molecular flexibility index (Phi) is 5.45. The van der Waals surface area contributed by atoms with E-state index in [9.17, 15) is 4.79 Å². The first-order valence-corrected chi connectivity index (χ1v) is 7.91. The molecule has 2 heterocycles. The largest absolute Gasteiger partial charge is 0.484 e. The first kappa shape index (κ1) is 16.5. The molecule has 1 fully saturated rings. The Morgan fingerprint density at radius 1 is 1.29 bits per heavy atom. The highest BCUT2D eigenvalue weighted by Gasteiger charge is 2.14. The Morgan fingerprint density at radius 2 is 2.12 bits per heavy atom. The van der Waals surface area contributed by atoms with Gasteiger partial charge < -0.3 is 19.7 Å². The monoisotopic (exact) mass is 348 g/mol. The second-order valence-corrected chi connectivity index (χ2v) is 5.59. The molecular weight excluding hydrogens is 332 g/mol. The Morgan fingerprint density at radius 3 is 2.92 bits per heavy atom. The maximum absolute atomic E-state index is 12.0. The fourth-order valence-corrected chi connectivity index (χ4v) is 2.45. The van der Waals surface area contributed by atoms with E-state index in [4.69, 9.17) is 21.1 Å². The van der Waals surface area contributed by atoms with Crippen LogP contribution in [-0.4, -0.2) is 48.8 Å². The van der Waals surface area contributed by atoms with Gasteiger partial charge in [-0.05, 0) is 18.2 Å². The average molecular weight is 349 g/mol. The highest BCUT2D eigenvalue weighted by Crippen LogP contribution is 2.18. The number of hydrogen-bond acceptors (Lipinski definition) is 6. The van der Waals surface area contributed by atoms with E-state index >= 15 is 0 Å². The third-order valence-corrected chi connectivity index (χ3v) is 3.66. The molecule has 0 radical (unpaired) electrons. The Hall–Kier alpha value is -2.38. The fraction of sp³-hybridized carbons (Fsp3) is 0.312. The first-order chi connectivity index (χ1) is 11.7. The Balaban J connectivity index is 1.56. The molecule has 0 atom stereocenters. The molecule has 1 aromatic heterocycles. The topological polar surface area (TPSA) is 76.6 Å². The summed E-state index contributed by atoms with van der Waals surface area (Å²) >= 11 is 5.87. The molecule has 1 aromatic carbocycles. The van der Waals surface area contributed by atoms with Crippen LogP contribution >= 0.6 is 11.6 Å². The third kappa shape index (κ3) is 4.56. The first-order valence-electron chi connectivity index (χ1n) is 7.54. The van der Waals surface area contributed by atoms with Crippen LogP contribution < -0.4 is 15.0 Å². The number of hydrogen-bond donors (Lipinski definition) is 1. The van der Waals surface area contributed by atoms with Crippen LogP contribution in [0.15, 0.2) is 36.7 Å². The van der Waals surface area contributed by atoms with Crippen molar-refractivity contribution in [3.8, 4) is 5.75 Å². The number of nitrogens with zero attached hydrogens (tertiary/aromatic N) is 3. The minimum atomic E-state index is -0.304. The van der Waals surface area contributed by atoms with Gasteiger partial charge in [0, 0.05) is 24.2 Å².